The van der Waals surface area contributed by atoms with Crippen LogP contribution in [0.15, 0.2) is 0 Å². The molecule has 0 bridgehead atoms. The summed E-state index contributed by atoms with van der Waals surface area (Å²) in [6.07, 6.45) is 0. The number of carbonyl (C=O) groups excluding carboxylic acids is 2. The fourth-order valence-electron chi connectivity index (χ4n) is 1.58. The van der Waals surface area contributed by atoms with Gasteiger partial charge in [-0.05, 0) is 33.2 Å². The van der Waals surface area contributed by atoms with Crippen LogP contribution in [-0.2, 0) is 14.3 Å². The number of nitrogens with zero attached hydrogens (tertiary/aromatic N) is 1. The van der Waals surface area contributed by atoms with Gasteiger partial charge in [0.15, 0.2) is 0 Å². The van der Waals surface area contributed by atoms with Gasteiger partial charge in [0.1, 0.15) is 13.2 Å². The van der Waals surface area contributed by atoms with Gasteiger partial charge in [0, 0.05) is 12.1 Å². The Morgan fingerprint density at radius 3 is 2.29 bits per heavy atom. The second kappa shape index (κ2) is 5.60. The van der Waals surface area contributed by atoms with Crippen LogP contribution in [-0.4, -0.2) is 48.6 Å². The van der Waals surface area contributed by atoms with Crippen LogP contribution >= 0.6 is 0 Å². The van der Waals surface area contributed by atoms with Gasteiger partial charge < -0.3 is 10.1 Å². The lowest BCUT2D eigenvalue weighted by Gasteiger charge is -2.29. The third-order valence-corrected chi connectivity index (χ3v) is 2.53. The van der Waals surface area contributed by atoms with Gasteiger partial charge in [0.05, 0.1) is 0 Å². The van der Waals surface area contributed by atoms with Gasteiger partial charge in [-0.15, -0.1) is 0 Å². The number of amides is 2. The minimum absolute atomic E-state index is 0.0190. The fraction of sp³-hybridized carbons (Fsp3) is 0.833. The summed E-state index contributed by atoms with van der Waals surface area (Å²) >= 11 is 0. The van der Waals surface area contributed by atoms with E-state index in [9.17, 15) is 9.59 Å². The zero-order valence-corrected chi connectivity index (χ0v) is 11.1. The molecule has 1 unspecified atom stereocenters. The summed E-state index contributed by atoms with van der Waals surface area (Å²) in [5, 5.41) is 3.36. The summed E-state index contributed by atoms with van der Waals surface area (Å²) in [7, 11) is 0. The van der Waals surface area contributed by atoms with E-state index in [1.807, 2.05) is 6.92 Å². The number of ether oxygens (including phenoxy) is 1. The molecule has 0 radical (unpaired) electrons. The Hall–Kier alpha value is -0.940. The van der Waals surface area contributed by atoms with Crippen molar-refractivity contribution in [2.24, 2.45) is 5.92 Å². The van der Waals surface area contributed by atoms with Gasteiger partial charge in [-0.25, -0.2) is 0 Å². The molecule has 0 spiro atoms. The fourth-order valence-corrected chi connectivity index (χ4v) is 1.58. The molecule has 0 aromatic heterocycles. The van der Waals surface area contributed by atoms with Gasteiger partial charge in [-0.3, -0.25) is 14.5 Å². The number of nitrogens with one attached hydrogen (secondary N) is 1. The zero-order chi connectivity index (χ0) is 13.1. The van der Waals surface area contributed by atoms with Crippen LogP contribution in [0.3, 0.4) is 0 Å². The number of imide groups is 1. The van der Waals surface area contributed by atoms with Crippen molar-refractivity contribution in [2.45, 2.75) is 33.2 Å². The maximum atomic E-state index is 11.5. The Labute approximate surface area is 102 Å². The Morgan fingerprint density at radius 2 is 1.82 bits per heavy atom. The van der Waals surface area contributed by atoms with Crippen molar-refractivity contribution in [3.05, 3.63) is 0 Å². The monoisotopic (exact) mass is 242 g/mol. The Balaban J connectivity index is 2.41. The van der Waals surface area contributed by atoms with Crippen LogP contribution in [0.2, 0.25) is 0 Å². The van der Waals surface area contributed by atoms with Crippen LogP contribution in [0.4, 0.5) is 0 Å². The molecule has 1 rings (SSSR count). The molecule has 1 atom stereocenters. The molecular weight excluding hydrogens is 220 g/mol. The molecule has 17 heavy (non-hydrogen) atoms. The summed E-state index contributed by atoms with van der Waals surface area (Å²) in [6, 6.07) is 0. The summed E-state index contributed by atoms with van der Waals surface area (Å²) in [6.45, 7) is 9.57. The van der Waals surface area contributed by atoms with Gasteiger partial charge in [-0.1, -0.05) is 6.92 Å². The number of rotatable bonds is 4. The summed E-state index contributed by atoms with van der Waals surface area (Å²) < 4.78 is 4.86. The summed E-state index contributed by atoms with van der Waals surface area (Å²) in [4.78, 5) is 24.3. The van der Waals surface area contributed by atoms with E-state index < -0.39 is 0 Å². The zero-order valence-electron chi connectivity index (χ0n) is 11.1. The quantitative estimate of drug-likeness (QED) is 0.725. The number of carbonyl (C=O) groups is 2. The molecule has 0 aromatic carbocycles. The summed E-state index contributed by atoms with van der Waals surface area (Å²) in [5.74, 6) is -0.229. The van der Waals surface area contributed by atoms with E-state index in [0.29, 0.717) is 6.54 Å². The highest BCUT2D eigenvalue weighted by Crippen LogP contribution is 2.07. The number of hydrogen-bond acceptors (Lipinski definition) is 4. The predicted molar refractivity (Wildman–Crippen MR) is 64.5 cm³/mol. The van der Waals surface area contributed by atoms with E-state index in [-0.39, 0.29) is 36.5 Å². The van der Waals surface area contributed by atoms with Crippen molar-refractivity contribution in [3.63, 3.8) is 0 Å². The first-order chi connectivity index (χ1) is 7.79. The molecule has 1 saturated heterocycles. The molecule has 1 heterocycles. The highest BCUT2D eigenvalue weighted by Gasteiger charge is 2.27. The summed E-state index contributed by atoms with van der Waals surface area (Å²) in [5.41, 5.74) is 0.0489. The average molecular weight is 242 g/mol. The first kappa shape index (κ1) is 14.1. The van der Waals surface area contributed by atoms with E-state index in [1.165, 1.54) is 4.90 Å². The lowest BCUT2D eigenvalue weighted by molar-refractivity contribution is -0.159. The SMILES string of the molecule is CC(CNC(C)(C)C)CN1C(=O)COCC1=O. The van der Waals surface area contributed by atoms with E-state index in [1.54, 1.807) is 0 Å². The van der Waals surface area contributed by atoms with Crippen molar-refractivity contribution in [1.82, 2.24) is 10.2 Å². The van der Waals surface area contributed by atoms with Gasteiger partial charge >= 0.3 is 0 Å². The van der Waals surface area contributed by atoms with Crippen LogP contribution in [0.1, 0.15) is 27.7 Å². The van der Waals surface area contributed by atoms with Gasteiger partial charge in [0.2, 0.25) is 0 Å². The average Bonchev–Trinajstić information content (AvgIpc) is 2.20. The van der Waals surface area contributed by atoms with E-state index in [2.05, 4.69) is 26.1 Å². The number of morpholine rings is 1. The van der Waals surface area contributed by atoms with Gasteiger partial charge in [-0.2, -0.15) is 0 Å². The van der Waals surface area contributed by atoms with Gasteiger partial charge in [0.25, 0.3) is 11.8 Å². The maximum absolute atomic E-state index is 11.5. The molecular formula is C12H22N2O3. The normalized spacial score (nSPS) is 19.6. The number of hydrogen-bond donors (Lipinski definition) is 1. The molecule has 98 valence electrons. The smallest absolute Gasteiger partial charge is 0.255 e. The molecule has 1 aliphatic heterocycles. The molecule has 1 fully saturated rings. The minimum Gasteiger partial charge on any atom is -0.362 e. The van der Waals surface area contributed by atoms with Crippen molar-refractivity contribution >= 4 is 11.8 Å². The van der Waals surface area contributed by atoms with Crippen molar-refractivity contribution in [2.75, 3.05) is 26.3 Å². The predicted octanol–water partition coefficient (Wildman–Crippen LogP) is 0.396. The largest absolute Gasteiger partial charge is 0.362 e. The van der Waals surface area contributed by atoms with Crippen LogP contribution in [0, 0.1) is 5.92 Å². The van der Waals surface area contributed by atoms with Crippen molar-refractivity contribution in [3.8, 4) is 0 Å². The van der Waals surface area contributed by atoms with E-state index in [4.69, 9.17) is 4.74 Å². The second-order valence-corrected chi connectivity index (χ2v) is 5.63. The maximum Gasteiger partial charge on any atom is 0.255 e. The lowest BCUT2D eigenvalue weighted by Crippen LogP contribution is -2.49. The Bertz CT molecular complexity index is 281. The third kappa shape index (κ3) is 4.83. The second-order valence-electron chi connectivity index (χ2n) is 5.63. The first-order valence-electron chi connectivity index (χ1n) is 5.95. The van der Waals surface area contributed by atoms with Crippen LogP contribution in [0.25, 0.3) is 0 Å². The van der Waals surface area contributed by atoms with Crippen molar-refractivity contribution < 1.29 is 14.3 Å². The third-order valence-electron chi connectivity index (χ3n) is 2.53. The van der Waals surface area contributed by atoms with E-state index >= 15 is 0 Å². The topological polar surface area (TPSA) is 58.6 Å². The molecule has 1 N–H and O–H groups in total. The molecule has 5 heteroatoms. The first-order valence-corrected chi connectivity index (χ1v) is 5.95. The van der Waals surface area contributed by atoms with E-state index in [0.717, 1.165) is 6.54 Å². The minimum atomic E-state index is -0.233. The lowest BCUT2D eigenvalue weighted by atomic mass is 10.1. The molecule has 2 amide bonds. The van der Waals surface area contributed by atoms with Crippen LogP contribution in [0.5, 0.6) is 0 Å². The Kier molecular flexibility index (Phi) is 4.65. The molecule has 0 aliphatic carbocycles. The highest BCUT2D eigenvalue weighted by molar-refractivity contribution is 5.98. The standard InChI is InChI=1S/C12H22N2O3/c1-9(5-13-12(2,3)4)6-14-10(15)7-17-8-11(14)16/h9,13H,5-8H2,1-4H3. The molecule has 5 nitrogen and oxygen atoms in total. The Morgan fingerprint density at radius 1 is 1.29 bits per heavy atom. The molecule has 1 aliphatic rings. The van der Waals surface area contributed by atoms with Crippen molar-refractivity contribution in [1.29, 1.82) is 0 Å². The highest BCUT2D eigenvalue weighted by atomic mass is 16.5. The molecule has 0 saturated carbocycles. The van der Waals surface area contributed by atoms with Crippen LogP contribution < -0.4 is 5.32 Å². The molecule has 0 aromatic rings.